The molecule has 1 rings (SSSR count). The lowest BCUT2D eigenvalue weighted by Crippen LogP contribution is -2.48. The third-order valence-corrected chi connectivity index (χ3v) is 3.99. The molecule has 1 aliphatic rings. The van der Waals surface area contributed by atoms with E-state index in [1.165, 1.54) is 0 Å². The van der Waals surface area contributed by atoms with E-state index in [-0.39, 0.29) is 5.41 Å². The Kier molecular flexibility index (Phi) is 5.44. The van der Waals surface area contributed by atoms with E-state index >= 15 is 0 Å². The molecule has 1 atom stereocenters. The van der Waals surface area contributed by atoms with Crippen LogP contribution in [0.5, 0.6) is 0 Å². The molecule has 1 amide bonds. The molecule has 0 radical (unpaired) electrons. The van der Waals surface area contributed by atoms with Crippen LogP contribution in [0.4, 0.5) is 0 Å². The molecule has 1 aliphatic heterocycles. The molecule has 17 heavy (non-hydrogen) atoms. The van der Waals surface area contributed by atoms with Crippen molar-refractivity contribution in [3.8, 4) is 0 Å². The molecule has 0 spiro atoms. The van der Waals surface area contributed by atoms with Gasteiger partial charge in [-0.2, -0.15) is 0 Å². The van der Waals surface area contributed by atoms with Gasteiger partial charge >= 0.3 is 0 Å². The van der Waals surface area contributed by atoms with Gasteiger partial charge in [0.1, 0.15) is 0 Å². The molecular formula is C14H28N2O. The third kappa shape index (κ3) is 3.01. The van der Waals surface area contributed by atoms with Gasteiger partial charge in [0, 0.05) is 19.6 Å². The van der Waals surface area contributed by atoms with Crippen LogP contribution in [0.25, 0.3) is 0 Å². The fraction of sp³-hybridized carbons (Fsp3) is 0.929. The van der Waals surface area contributed by atoms with Crippen LogP contribution < -0.4 is 5.32 Å². The Labute approximate surface area is 106 Å². The molecule has 1 fully saturated rings. The van der Waals surface area contributed by atoms with Crippen LogP contribution in [0.1, 0.15) is 47.0 Å². The Morgan fingerprint density at radius 3 is 2.24 bits per heavy atom. The predicted molar refractivity (Wildman–Crippen MR) is 71.9 cm³/mol. The number of carbonyl (C=O) groups excluding carboxylic acids is 1. The Hall–Kier alpha value is -0.570. The van der Waals surface area contributed by atoms with Crippen molar-refractivity contribution in [1.82, 2.24) is 10.2 Å². The molecule has 3 nitrogen and oxygen atoms in total. The number of carbonyl (C=O) groups is 1. The molecule has 0 aromatic heterocycles. The van der Waals surface area contributed by atoms with Crippen molar-refractivity contribution >= 4 is 5.91 Å². The molecule has 1 heterocycles. The van der Waals surface area contributed by atoms with Gasteiger partial charge in [-0.1, -0.05) is 27.7 Å². The van der Waals surface area contributed by atoms with Crippen LogP contribution in [0.15, 0.2) is 0 Å². The largest absolute Gasteiger partial charge is 0.342 e. The van der Waals surface area contributed by atoms with E-state index in [4.69, 9.17) is 0 Å². The summed E-state index contributed by atoms with van der Waals surface area (Å²) in [6.45, 7) is 12.3. The first-order valence-electron chi connectivity index (χ1n) is 7.08. The second-order valence-corrected chi connectivity index (χ2v) is 5.53. The Bertz CT molecular complexity index is 239. The molecule has 1 saturated heterocycles. The number of amides is 1. The molecule has 1 unspecified atom stereocenters. The average Bonchev–Trinajstić information content (AvgIpc) is 2.78. The minimum atomic E-state index is -0.148. The first-order chi connectivity index (χ1) is 8.08. The van der Waals surface area contributed by atoms with Crippen LogP contribution in [-0.4, -0.2) is 37.0 Å². The van der Waals surface area contributed by atoms with Crippen LogP contribution in [-0.2, 0) is 4.79 Å². The van der Waals surface area contributed by atoms with Gasteiger partial charge in [-0.3, -0.25) is 4.79 Å². The van der Waals surface area contributed by atoms with Crippen molar-refractivity contribution in [1.29, 1.82) is 0 Å². The molecule has 0 saturated carbocycles. The minimum Gasteiger partial charge on any atom is -0.342 e. The van der Waals surface area contributed by atoms with Gasteiger partial charge in [-0.25, -0.2) is 0 Å². The highest BCUT2D eigenvalue weighted by Crippen LogP contribution is 2.36. The van der Waals surface area contributed by atoms with Crippen molar-refractivity contribution in [3.05, 3.63) is 0 Å². The summed E-state index contributed by atoms with van der Waals surface area (Å²) < 4.78 is 0. The smallest absolute Gasteiger partial charge is 0.230 e. The Morgan fingerprint density at radius 2 is 1.88 bits per heavy atom. The van der Waals surface area contributed by atoms with Gasteiger partial charge in [0.05, 0.1) is 5.41 Å². The first kappa shape index (κ1) is 14.5. The summed E-state index contributed by atoms with van der Waals surface area (Å²) in [5, 5.41) is 3.37. The second kappa shape index (κ2) is 6.39. The summed E-state index contributed by atoms with van der Waals surface area (Å²) in [5.74, 6) is 0.794. The maximum absolute atomic E-state index is 12.8. The van der Waals surface area contributed by atoms with Crippen molar-refractivity contribution in [2.75, 3.05) is 26.2 Å². The average molecular weight is 240 g/mol. The zero-order chi connectivity index (χ0) is 12.9. The highest BCUT2D eigenvalue weighted by atomic mass is 16.2. The number of hydrogen-bond acceptors (Lipinski definition) is 2. The van der Waals surface area contributed by atoms with Gasteiger partial charge in [0.2, 0.25) is 5.91 Å². The van der Waals surface area contributed by atoms with E-state index in [9.17, 15) is 4.79 Å². The van der Waals surface area contributed by atoms with Gasteiger partial charge < -0.3 is 10.2 Å². The highest BCUT2D eigenvalue weighted by molar-refractivity contribution is 5.83. The summed E-state index contributed by atoms with van der Waals surface area (Å²) >= 11 is 0. The maximum Gasteiger partial charge on any atom is 0.230 e. The molecule has 1 N–H and O–H groups in total. The third-order valence-electron chi connectivity index (χ3n) is 3.99. The van der Waals surface area contributed by atoms with Gasteiger partial charge in [-0.15, -0.1) is 0 Å². The topological polar surface area (TPSA) is 32.3 Å². The molecular weight excluding hydrogens is 212 g/mol. The lowest BCUT2D eigenvalue weighted by molar-refractivity contribution is -0.143. The summed E-state index contributed by atoms with van der Waals surface area (Å²) in [7, 11) is 0. The van der Waals surface area contributed by atoms with E-state index in [1.54, 1.807) is 0 Å². The van der Waals surface area contributed by atoms with Crippen LogP contribution in [0.3, 0.4) is 0 Å². The number of hydrogen-bond donors (Lipinski definition) is 1. The van der Waals surface area contributed by atoms with E-state index in [0.29, 0.717) is 11.8 Å². The summed E-state index contributed by atoms with van der Waals surface area (Å²) in [6, 6.07) is 0. The maximum atomic E-state index is 12.8. The highest BCUT2D eigenvalue weighted by Gasteiger charge is 2.45. The van der Waals surface area contributed by atoms with Crippen molar-refractivity contribution in [3.63, 3.8) is 0 Å². The molecule has 3 heteroatoms. The Balaban J connectivity index is 2.81. The van der Waals surface area contributed by atoms with Gasteiger partial charge in [0.25, 0.3) is 0 Å². The quantitative estimate of drug-likeness (QED) is 0.772. The zero-order valence-electron chi connectivity index (χ0n) is 11.9. The minimum absolute atomic E-state index is 0.148. The number of nitrogens with one attached hydrogen (secondary N) is 1. The standard InChI is InChI=1S/C14H28N2O/c1-5-9-16(10-6-2)13(17)14(12(3)4)7-8-15-11-14/h12,15H,5-11H2,1-4H3. The fourth-order valence-electron chi connectivity index (χ4n) is 2.80. The van der Waals surface area contributed by atoms with Crippen LogP contribution >= 0.6 is 0 Å². The van der Waals surface area contributed by atoms with E-state index < -0.39 is 0 Å². The van der Waals surface area contributed by atoms with E-state index in [1.807, 2.05) is 0 Å². The normalized spacial score (nSPS) is 24.3. The lowest BCUT2D eigenvalue weighted by Gasteiger charge is -2.36. The van der Waals surface area contributed by atoms with Gasteiger partial charge in [-0.05, 0) is 31.7 Å². The Morgan fingerprint density at radius 1 is 1.29 bits per heavy atom. The monoisotopic (exact) mass is 240 g/mol. The van der Waals surface area contributed by atoms with Crippen LogP contribution in [0.2, 0.25) is 0 Å². The first-order valence-corrected chi connectivity index (χ1v) is 7.08. The molecule has 0 bridgehead atoms. The fourth-order valence-corrected chi connectivity index (χ4v) is 2.80. The molecule has 100 valence electrons. The lowest BCUT2D eigenvalue weighted by atomic mass is 9.75. The predicted octanol–water partition coefficient (Wildman–Crippen LogP) is 2.27. The van der Waals surface area contributed by atoms with Crippen molar-refractivity contribution < 1.29 is 4.79 Å². The number of nitrogens with zero attached hydrogens (tertiary/aromatic N) is 1. The van der Waals surface area contributed by atoms with E-state index in [0.717, 1.165) is 45.4 Å². The zero-order valence-corrected chi connectivity index (χ0v) is 11.9. The summed E-state index contributed by atoms with van der Waals surface area (Å²) in [6.07, 6.45) is 3.09. The van der Waals surface area contributed by atoms with E-state index in [2.05, 4.69) is 37.9 Å². The summed E-state index contributed by atoms with van der Waals surface area (Å²) in [4.78, 5) is 14.9. The van der Waals surface area contributed by atoms with Crippen LogP contribution in [0, 0.1) is 11.3 Å². The molecule has 0 aromatic carbocycles. The number of rotatable bonds is 6. The summed E-state index contributed by atoms with van der Waals surface area (Å²) in [5.41, 5.74) is -0.148. The van der Waals surface area contributed by atoms with Crippen molar-refractivity contribution in [2.45, 2.75) is 47.0 Å². The van der Waals surface area contributed by atoms with Gasteiger partial charge in [0.15, 0.2) is 0 Å². The van der Waals surface area contributed by atoms with Crippen molar-refractivity contribution in [2.24, 2.45) is 11.3 Å². The second-order valence-electron chi connectivity index (χ2n) is 5.53. The molecule has 0 aromatic rings. The molecule has 0 aliphatic carbocycles. The SMILES string of the molecule is CCCN(CCC)C(=O)C1(C(C)C)CCNC1.